The molecule has 1 unspecified atom stereocenters. The predicted octanol–water partition coefficient (Wildman–Crippen LogP) is 3.44. The Kier molecular flexibility index (Phi) is 6.03. The quantitative estimate of drug-likeness (QED) is 0.865. The van der Waals surface area contributed by atoms with Gasteiger partial charge in [0.1, 0.15) is 0 Å². The topological polar surface area (TPSA) is 21.3 Å². The SMILES string of the molecule is CCNC(COCC)c1ccc(C)cc1Br. The summed E-state index contributed by atoms with van der Waals surface area (Å²) in [5.74, 6) is 0. The number of benzene rings is 1. The molecular formula is C13H20BrNO. The van der Waals surface area contributed by atoms with E-state index in [1.165, 1.54) is 11.1 Å². The molecule has 0 aliphatic heterocycles. The van der Waals surface area contributed by atoms with Crippen LogP contribution in [0.1, 0.15) is 31.0 Å². The van der Waals surface area contributed by atoms with Gasteiger partial charge in [-0.1, -0.05) is 35.0 Å². The molecule has 0 bridgehead atoms. The van der Waals surface area contributed by atoms with Crippen molar-refractivity contribution in [2.75, 3.05) is 19.8 Å². The summed E-state index contributed by atoms with van der Waals surface area (Å²) in [7, 11) is 0. The first-order chi connectivity index (χ1) is 7.69. The summed E-state index contributed by atoms with van der Waals surface area (Å²) < 4.78 is 6.66. The molecule has 3 heteroatoms. The van der Waals surface area contributed by atoms with Crippen molar-refractivity contribution < 1.29 is 4.74 Å². The summed E-state index contributed by atoms with van der Waals surface area (Å²) in [4.78, 5) is 0. The summed E-state index contributed by atoms with van der Waals surface area (Å²) in [6.45, 7) is 8.64. The van der Waals surface area contributed by atoms with Gasteiger partial charge in [0.2, 0.25) is 0 Å². The number of halogens is 1. The first kappa shape index (κ1) is 13.7. The summed E-state index contributed by atoms with van der Waals surface area (Å²) >= 11 is 3.61. The van der Waals surface area contributed by atoms with E-state index in [-0.39, 0.29) is 6.04 Å². The van der Waals surface area contributed by atoms with Crippen LogP contribution in [0.3, 0.4) is 0 Å². The third-order valence-corrected chi connectivity index (χ3v) is 3.16. The molecule has 1 rings (SSSR count). The smallest absolute Gasteiger partial charge is 0.0661 e. The first-order valence-electron chi connectivity index (χ1n) is 5.76. The second-order valence-corrected chi connectivity index (χ2v) is 4.65. The van der Waals surface area contributed by atoms with Gasteiger partial charge in [0.15, 0.2) is 0 Å². The Morgan fingerprint density at radius 2 is 2.12 bits per heavy atom. The zero-order valence-corrected chi connectivity index (χ0v) is 11.8. The van der Waals surface area contributed by atoms with Crippen molar-refractivity contribution in [2.45, 2.75) is 26.8 Å². The van der Waals surface area contributed by atoms with Gasteiger partial charge >= 0.3 is 0 Å². The van der Waals surface area contributed by atoms with Gasteiger partial charge in [-0.15, -0.1) is 0 Å². The summed E-state index contributed by atoms with van der Waals surface area (Å²) in [5.41, 5.74) is 2.53. The van der Waals surface area contributed by atoms with Crippen LogP contribution in [0, 0.1) is 6.92 Å². The number of rotatable bonds is 6. The highest BCUT2D eigenvalue weighted by atomic mass is 79.9. The standard InChI is InChI=1S/C13H20BrNO/c1-4-15-13(9-16-5-2)11-7-6-10(3)8-12(11)14/h6-8,13,15H,4-5,9H2,1-3H3. The van der Waals surface area contributed by atoms with Crippen LogP contribution in [-0.4, -0.2) is 19.8 Å². The van der Waals surface area contributed by atoms with Crippen LogP contribution in [0.2, 0.25) is 0 Å². The van der Waals surface area contributed by atoms with Crippen LogP contribution >= 0.6 is 15.9 Å². The van der Waals surface area contributed by atoms with Crippen LogP contribution in [0.5, 0.6) is 0 Å². The van der Waals surface area contributed by atoms with Gasteiger partial charge in [-0.25, -0.2) is 0 Å². The van der Waals surface area contributed by atoms with Gasteiger partial charge in [0.25, 0.3) is 0 Å². The number of ether oxygens (including phenoxy) is 1. The molecule has 0 heterocycles. The van der Waals surface area contributed by atoms with Crippen LogP contribution in [-0.2, 0) is 4.74 Å². The minimum atomic E-state index is 0.264. The number of hydrogen-bond acceptors (Lipinski definition) is 2. The number of likely N-dealkylation sites (N-methyl/N-ethyl adjacent to an activating group) is 1. The fourth-order valence-corrected chi connectivity index (χ4v) is 2.43. The number of hydrogen-bond donors (Lipinski definition) is 1. The van der Waals surface area contributed by atoms with Crippen molar-refractivity contribution in [3.05, 3.63) is 33.8 Å². The van der Waals surface area contributed by atoms with Gasteiger partial charge in [-0.2, -0.15) is 0 Å². The molecule has 16 heavy (non-hydrogen) atoms. The fourth-order valence-electron chi connectivity index (χ4n) is 1.66. The normalized spacial score (nSPS) is 12.8. The molecule has 0 radical (unpaired) electrons. The van der Waals surface area contributed by atoms with Crippen LogP contribution < -0.4 is 5.32 Å². The number of nitrogens with one attached hydrogen (secondary N) is 1. The van der Waals surface area contributed by atoms with Crippen molar-refractivity contribution in [1.29, 1.82) is 0 Å². The average molecular weight is 286 g/mol. The average Bonchev–Trinajstić information content (AvgIpc) is 2.25. The summed E-state index contributed by atoms with van der Waals surface area (Å²) in [6, 6.07) is 6.70. The van der Waals surface area contributed by atoms with Crippen molar-refractivity contribution in [1.82, 2.24) is 5.32 Å². The van der Waals surface area contributed by atoms with Gasteiger partial charge in [-0.05, 0) is 37.6 Å². The molecule has 1 aromatic rings. The highest BCUT2D eigenvalue weighted by molar-refractivity contribution is 9.10. The maximum atomic E-state index is 5.50. The van der Waals surface area contributed by atoms with Crippen molar-refractivity contribution in [3.63, 3.8) is 0 Å². The van der Waals surface area contributed by atoms with E-state index in [4.69, 9.17) is 4.74 Å². The minimum absolute atomic E-state index is 0.264. The highest BCUT2D eigenvalue weighted by Crippen LogP contribution is 2.24. The van der Waals surface area contributed by atoms with Gasteiger partial charge in [0, 0.05) is 11.1 Å². The van der Waals surface area contributed by atoms with E-state index >= 15 is 0 Å². The van der Waals surface area contributed by atoms with E-state index in [2.05, 4.69) is 53.3 Å². The number of aryl methyl sites for hydroxylation is 1. The zero-order chi connectivity index (χ0) is 12.0. The van der Waals surface area contributed by atoms with Crippen LogP contribution in [0.4, 0.5) is 0 Å². The second-order valence-electron chi connectivity index (χ2n) is 3.79. The molecule has 0 aromatic heterocycles. The van der Waals surface area contributed by atoms with Crippen LogP contribution in [0.15, 0.2) is 22.7 Å². The molecule has 0 spiro atoms. The van der Waals surface area contributed by atoms with E-state index in [9.17, 15) is 0 Å². The van der Waals surface area contributed by atoms with Crippen molar-refractivity contribution >= 4 is 15.9 Å². The molecule has 0 aliphatic rings. The monoisotopic (exact) mass is 285 g/mol. The Balaban J connectivity index is 2.82. The van der Waals surface area contributed by atoms with E-state index < -0.39 is 0 Å². The first-order valence-corrected chi connectivity index (χ1v) is 6.55. The Morgan fingerprint density at radius 1 is 1.38 bits per heavy atom. The van der Waals surface area contributed by atoms with E-state index in [1.807, 2.05) is 6.92 Å². The maximum Gasteiger partial charge on any atom is 0.0661 e. The largest absolute Gasteiger partial charge is 0.380 e. The highest BCUT2D eigenvalue weighted by Gasteiger charge is 2.13. The lowest BCUT2D eigenvalue weighted by Crippen LogP contribution is -2.25. The molecule has 2 nitrogen and oxygen atoms in total. The lowest BCUT2D eigenvalue weighted by atomic mass is 10.1. The Labute approximate surface area is 107 Å². The van der Waals surface area contributed by atoms with E-state index in [0.29, 0.717) is 6.61 Å². The lowest BCUT2D eigenvalue weighted by Gasteiger charge is -2.19. The van der Waals surface area contributed by atoms with Crippen molar-refractivity contribution in [3.8, 4) is 0 Å². The molecule has 1 N–H and O–H groups in total. The molecule has 0 fully saturated rings. The molecule has 0 saturated heterocycles. The molecule has 0 amide bonds. The summed E-state index contributed by atoms with van der Waals surface area (Å²) in [5, 5.41) is 3.44. The van der Waals surface area contributed by atoms with Gasteiger partial charge < -0.3 is 10.1 Å². The Hall–Kier alpha value is -0.380. The fraction of sp³-hybridized carbons (Fsp3) is 0.538. The molecule has 90 valence electrons. The Bertz CT molecular complexity index is 328. The van der Waals surface area contributed by atoms with Gasteiger partial charge in [-0.3, -0.25) is 0 Å². The molecule has 0 aliphatic carbocycles. The molecule has 1 aromatic carbocycles. The summed E-state index contributed by atoms with van der Waals surface area (Å²) in [6.07, 6.45) is 0. The van der Waals surface area contributed by atoms with Crippen LogP contribution in [0.25, 0.3) is 0 Å². The van der Waals surface area contributed by atoms with E-state index in [0.717, 1.165) is 17.6 Å². The predicted molar refractivity (Wildman–Crippen MR) is 71.8 cm³/mol. The second kappa shape index (κ2) is 7.05. The van der Waals surface area contributed by atoms with E-state index in [1.54, 1.807) is 0 Å². The maximum absolute atomic E-state index is 5.50. The third kappa shape index (κ3) is 3.89. The Morgan fingerprint density at radius 3 is 2.69 bits per heavy atom. The lowest BCUT2D eigenvalue weighted by molar-refractivity contribution is 0.123. The molecule has 0 saturated carbocycles. The van der Waals surface area contributed by atoms with Gasteiger partial charge in [0.05, 0.1) is 12.6 Å². The third-order valence-electron chi connectivity index (χ3n) is 2.47. The minimum Gasteiger partial charge on any atom is -0.380 e. The molecule has 1 atom stereocenters. The van der Waals surface area contributed by atoms with Crippen molar-refractivity contribution in [2.24, 2.45) is 0 Å². The zero-order valence-electron chi connectivity index (χ0n) is 10.2. The molecular weight excluding hydrogens is 266 g/mol.